The minimum atomic E-state index is 0.162. The van der Waals surface area contributed by atoms with Gasteiger partial charge >= 0.3 is 0 Å². The Kier molecular flexibility index (Phi) is 5.39. The van der Waals surface area contributed by atoms with Crippen molar-refractivity contribution in [2.24, 2.45) is 0 Å². The van der Waals surface area contributed by atoms with Gasteiger partial charge < -0.3 is 9.84 Å². The Morgan fingerprint density at radius 2 is 2.10 bits per heavy atom. The Morgan fingerprint density at radius 3 is 2.76 bits per heavy atom. The SMILES string of the molecule is Cc1cc(OCCCO)ccc1Cc1cn[nH]c1C(C)C. The standard InChI is InChI=1S/C17H24N2O2/c1-12(2)17-15(11-18-19-17)10-14-5-6-16(9-13(14)3)21-8-4-7-20/h5-6,9,11-12,20H,4,7-8,10H2,1-3H3,(H,18,19). The summed E-state index contributed by atoms with van der Waals surface area (Å²) in [4.78, 5) is 0. The maximum absolute atomic E-state index is 8.77. The molecule has 1 heterocycles. The number of aliphatic hydroxyl groups excluding tert-OH is 1. The third-order valence-corrected chi connectivity index (χ3v) is 3.59. The first-order valence-corrected chi connectivity index (χ1v) is 7.47. The van der Waals surface area contributed by atoms with Gasteiger partial charge in [0.25, 0.3) is 0 Å². The molecule has 2 rings (SSSR count). The normalized spacial score (nSPS) is 11.1. The average Bonchev–Trinajstić information content (AvgIpc) is 2.90. The third-order valence-electron chi connectivity index (χ3n) is 3.59. The van der Waals surface area contributed by atoms with E-state index in [0.717, 1.165) is 12.2 Å². The largest absolute Gasteiger partial charge is 0.493 e. The molecule has 1 aromatic heterocycles. The van der Waals surface area contributed by atoms with Crippen molar-refractivity contribution >= 4 is 0 Å². The first kappa shape index (κ1) is 15.6. The fraction of sp³-hybridized carbons (Fsp3) is 0.471. The summed E-state index contributed by atoms with van der Waals surface area (Å²) in [6.45, 7) is 7.15. The van der Waals surface area contributed by atoms with E-state index in [4.69, 9.17) is 9.84 Å². The molecule has 2 N–H and O–H groups in total. The van der Waals surface area contributed by atoms with E-state index in [1.54, 1.807) is 0 Å². The van der Waals surface area contributed by atoms with Crippen molar-refractivity contribution < 1.29 is 9.84 Å². The molecule has 0 radical (unpaired) electrons. The van der Waals surface area contributed by atoms with Crippen LogP contribution in [0.15, 0.2) is 24.4 Å². The molecule has 114 valence electrons. The van der Waals surface area contributed by atoms with E-state index in [1.165, 1.54) is 22.4 Å². The summed E-state index contributed by atoms with van der Waals surface area (Å²) >= 11 is 0. The number of nitrogens with one attached hydrogen (secondary N) is 1. The number of ether oxygens (including phenoxy) is 1. The highest BCUT2D eigenvalue weighted by Crippen LogP contribution is 2.23. The van der Waals surface area contributed by atoms with Crippen molar-refractivity contribution in [1.82, 2.24) is 10.2 Å². The highest BCUT2D eigenvalue weighted by Gasteiger charge is 2.11. The number of benzene rings is 1. The number of aromatic amines is 1. The highest BCUT2D eigenvalue weighted by molar-refractivity contribution is 5.38. The molecule has 4 heteroatoms. The Bertz CT molecular complexity index is 576. The lowest BCUT2D eigenvalue weighted by molar-refractivity contribution is 0.233. The number of H-pyrrole nitrogens is 1. The first-order valence-electron chi connectivity index (χ1n) is 7.47. The van der Waals surface area contributed by atoms with Gasteiger partial charge in [-0.15, -0.1) is 0 Å². The number of nitrogens with zero attached hydrogens (tertiary/aromatic N) is 1. The van der Waals surface area contributed by atoms with Crippen LogP contribution in [0.1, 0.15) is 48.6 Å². The van der Waals surface area contributed by atoms with Gasteiger partial charge in [-0.1, -0.05) is 19.9 Å². The topological polar surface area (TPSA) is 58.1 Å². The van der Waals surface area contributed by atoms with Gasteiger partial charge in [0.05, 0.1) is 12.8 Å². The van der Waals surface area contributed by atoms with Crippen LogP contribution in [0.3, 0.4) is 0 Å². The molecule has 4 nitrogen and oxygen atoms in total. The molecule has 0 aliphatic heterocycles. The Hall–Kier alpha value is -1.81. The molecule has 0 saturated carbocycles. The molecule has 0 bridgehead atoms. The first-order chi connectivity index (χ1) is 10.1. The summed E-state index contributed by atoms with van der Waals surface area (Å²) in [5.41, 5.74) is 4.96. The van der Waals surface area contributed by atoms with Crippen LogP contribution in [0, 0.1) is 6.92 Å². The molecule has 0 amide bonds. The van der Waals surface area contributed by atoms with Gasteiger partial charge in [-0.05, 0) is 41.7 Å². The second kappa shape index (κ2) is 7.27. The van der Waals surface area contributed by atoms with Crippen LogP contribution in [0.5, 0.6) is 5.75 Å². The highest BCUT2D eigenvalue weighted by atomic mass is 16.5. The van der Waals surface area contributed by atoms with E-state index >= 15 is 0 Å². The van der Waals surface area contributed by atoms with Gasteiger partial charge in [-0.25, -0.2) is 0 Å². The molecule has 0 aliphatic carbocycles. The number of hydrogen-bond acceptors (Lipinski definition) is 3. The summed E-state index contributed by atoms with van der Waals surface area (Å²) in [6, 6.07) is 6.16. The summed E-state index contributed by atoms with van der Waals surface area (Å²) < 4.78 is 5.60. The average molecular weight is 288 g/mol. The van der Waals surface area contributed by atoms with Crippen molar-refractivity contribution in [3.8, 4) is 5.75 Å². The molecule has 2 aromatic rings. The van der Waals surface area contributed by atoms with Crippen molar-refractivity contribution in [2.75, 3.05) is 13.2 Å². The second-order valence-corrected chi connectivity index (χ2v) is 5.65. The van der Waals surface area contributed by atoms with Crippen LogP contribution in [-0.4, -0.2) is 28.5 Å². The van der Waals surface area contributed by atoms with Crippen LogP contribution in [0.2, 0.25) is 0 Å². The monoisotopic (exact) mass is 288 g/mol. The molecule has 21 heavy (non-hydrogen) atoms. The zero-order chi connectivity index (χ0) is 15.2. The van der Waals surface area contributed by atoms with Crippen LogP contribution in [0.25, 0.3) is 0 Å². The number of rotatable bonds is 7. The van der Waals surface area contributed by atoms with Gasteiger partial charge in [0.1, 0.15) is 5.75 Å². The van der Waals surface area contributed by atoms with Crippen LogP contribution >= 0.6 is 0 Å². The Morgan fingerprint density at radius 1 is 1.29 bits per heavy atom. The number of aryl methyl sites for hydroxylation is 1. The van der Waals surface area contributed by atoms with Crippen LogP contribution in [0.4, 0.5) is 0 Å². The molecule has 0 fully saturated rings. The molecule has 0 spiro atoms. The maximum atomic E-state index is 8.77. The Balaban J connectivity index is 2.08. The predicted molar refractivity (Wildman–Crippen MR) is 83.9 cm³/mol. The van der Waals surface area contributed by atoms with Crippen molar-refractivity contribution in [3.05, 3.63) is 46.8 Å². The van der Waals surface area contributed by atoms with Crippen molar-refractivity contribution in [2.45, 2.75) is 39.5 Å². The van der Waals surface area contributed by atoms with Gasteiger partial charge in [0.15, 0.2) is 0 Å². The molecule has 0 atom stereocenters. The van der Waals surface area contributed by atoms with E-state index in [9.17, 15) is 0 Å². The van der Waals surface area contributed by atoms with E-state index in [1.807, 2.05) is 12.3 Å². The fourth-order valence-corrected chi connectivity index (χ4v) is 2.38. The maximum Gasteiger partial charge on any atom is 0.119 e. The summed E-state index contributed by atoms with van der Waals surface area (Å²) in [7, 11) is 0. The van der Waals surface area contributed by atoms with Crippen LogP contribution < -0.4 is 4.74 Å². The summed E-state index contributed by atoms with van der Waals surface area (Å²) in [5, 5.41) is 16.0. The minimum Gasteiger partial charge on any atom is -0.493 e. The summed E-state index contributed by atoms with van der Waals surface area (Å²) in [5.74, 6) is 1.31. The predicted octanol–water partition coefficient (Wildman–Crippen LogP) is 3.19. The van der Waals surface area contributed by atoms with Crippen molar-refractivity contribution in [1.29, 1.82) is 0 Å². The van der Waals surface area contributed by atoms with E-state index in [2.05, 4.69) is 43.1 Å². The Labute approximate surface area is 126 Å². The number of hydrogen-bond donors (Lipinski definition) is 2. The zero-order valence-corrected chi connectivity index (χ0v) is 13.0. The van der Waals surface area contributed by atoms with Gasteiger partial charge in [0, 0.05) is 25.1 Å². The molecular weight excluding hydrogens is 264 g/mol. The molecule has 0 unspecified atom stereocenters. The molecule has 0 saturated heterocycles. The molecular formula is C17H24N2O2. The van der Waals surface area contributed by atoms with E-state index in [0.29, 0.717) is 18.9 Å². The summed E-state index contributed by atoms with van der Waals surface area (Å²) in [6.07, 6.45) is 3.46. The van der Waals surface area contributed by atoms with Gasteiger partial charge in [-0.2, -0.15) is 5.10 Å². The number of aliphatic hydroxyl groups is 1. The zero-order valence-electron chi connectivity index (χ0n) is 13.0. The lowest BCUT2D eigenvalue weighted by Gasteiger charge is -2.11. The smallest absolute Gasteiger partial charge is 0.119 e. The molecule has 1 aromatic carbocycles. The van der Waals surface area contributed by atoms with Gasteiger partial charge in [0.2, 0.25) is 0 Å². The fourth-order valence-electron chi connectivity index (χ4n) is 2.38. The quantitative estimate of drug-likeness (QED) is 0.769. The minimum absolute atomic E-state index is 0.162. The molecule has 0 aliphatic rings. The van der Waals surface area contributed by atoms with Crippen LogP contribution in [-0.2, 0) is 6.42 Å². The van der Waals surface area contributed by atoms with E-state index < -0.39 is 0 Å². The second-order valence-electron chi connectivity index (χ2n) is 5.65. The van der Waals surface area contributed by atoms with Crippen molar-refractivity contribution in [3.63, 3.8) is 0 Å². The third kappa shape index (κ3) is 4.08. The lowest BCUT2D eigenvalue weighted by Crippen LogP contribution is -2.01. The van der Waals surface area contributed by atoms with E-state index in [-0.39, 0.29) is 6.61 Å². The van der Waals surface area contributed by atoms with Gasteiger partial charge in [-0.3, -0.25) is 5.10 Å². The lowest BCUT2D eigenvalue weighted by atomic mass is 9.97. The number of aromatic nitrogens is 2.